The number of aliphatic imine (C=N–C) groups is 1. The molecule has 2 aromatic heterocycles. The summed E-state index contributed by atoms with van der Waals surface area (Å²) in [7, 11) is 0. The maximum Gasteiger partial charge on any atom is 0.191 e. The number of halogens is 1. The Morgan fingerprint density at radius 2 is 2.00 bits per heavy atom. The Kier molecular flexibility index (Phi) is 9.30. The van der Waals surface area contributed by atoms with Gasteiger partial charge in [0, 0.05) is 31.7 Å². The number of rotatable bonds is 7. The summed E-state index contributed by atoms with van der Waals surface area (Å²) in [6.45, 7) is 6.11. The Labute approximate surface area is 179 Å². The molecular weight excluding hydrogens is 451 g/mol. The average Bonchev–Trinajstić information content (AvgIpc) is 3.09. The number of nitrogens with one attached hydrogen (secondary N) is 2. The van der Waals surface area contributed by atoms with E-state index in [-0.39, 0.29) is 24.0 Å². The molecule has 2 heterocycles. The Morgan fingerprint density at radius 1 is 1.19 bits per heavy atom. The van der Waals surface area contributed by atoms with Crippen molar-refractivity contribution in [1.82, 2.24) is 25.2 Å². The summed E-state index contributed by atoms with van der Waals surface area (Å²) in [6.07, 6.45) is 10.4. The molecule has 1 saturated carbocycles. The van der Waals surface area contributed by atoms with Gasteiger partial charge in [-0.25, -0.2) is 0 Å². The van der Waals surface area contributed by atoms with Gasteiger partial charge in [-0.1, -0.05) is 19.4 Å². The van der Waals surface area contributed by atoms with Gasteiger partial charge in [0.05, 0.1) is 0 Å². The topological polar surface area (TPSA) is 66.6 Å². The summed E-state index contributed by atoms with van der Waals surface area (Å²) in [5, 5.41) is 15.5. The second-order valence-electron chi connectivity index (χ2n) is 7.18. The first kappa shape index (κ1) is 21.9. The SMILES string of the molecule is CCNC(=NCCCc1nnc2ccccn12)NC1CCC(CC)CC1.I. The molecule has 27 heavy (non-hydrogen) atoms. The third-order valence-corrected chi connectivity index (χ3v) is 5.32. The summed E-state index contributed by atoms with van der Waals surface area (Å²) >= 11 is 0. The summed E-state index contributed by atoms with van der Waals surface area (Å²) in [4.78, 5) is 4.76. The molecule has 7 heteroatoms. The summed E-state index contributed by atoms with van der Waals surface area (Å²) in [6, 6.07) is 6.55. The lowest BCUT2D eigenvalue weighted by Gasteiger charge is -2.29. The maximum absolute atomic E-state index is 4.76. The Balaban J connectivity index is 0.00000261. The second kappa shape index (κ2) is 11.5. The van der Waals surface area contributed by atoms with E-state index in [9.17, 15) is 0 Å². The largest absolute Gasteiger partial charge is 0.357 e. The fourth-order valence-corrected chi connectivity index (χ4v) is 3.72. The number of aryl methyl sites for hydroxylation is 1. The highest BCUT2D eigenvalue weighted by atomic mass is 127. The normalized spacial score (nSPS) is 20.3. The summed E-state index contributed by atoms with van der Waals surface area (Å²) < 4.78 is 2.05. The van der Waals surface area contributed by atoms with Crippen LogP contribution in [0.2, 0.25) is 0 Å². The number of guanidine groups is 1. The van der Waals surface area contributed by atoms with Gasteiger partial charge in [-0.2, -0.15) is 0 Å². The summed E-state index contributed by atoms with van der Waals surface area (Å²) in [5.74, 6) is 2.88. The lowest BCUT2D eigenvalue weighted by Crippen LogP contribution is -2.44. The first-order valence-corrected chi connectivity index (χ1v) is 10.1. The van der Waals surface area contributed by atoms with E-state index in [1.807, 2.05) is 24.4 Å². The average molecular weight is 484 g/mol. The van der Waals surface area contributed by atoms with Crippen molar-refractivity contribution < 1.29 is 0 Å². The smallest absolute Gasteiger partial charge is 0.191 e. The molecule has 150 valence electrons. The number of pyridine rings is 1. The molecule has 1 aliphatic rings. The van der Waals surface area contributed by atoms with E-state index >= 15 is 0 Å². The predicted molar refractivity (Wildman–Crippen MR) is 122 cm³/mol. The van der Waals surface area contributed by atoms with Gasteiger partial charge < -0.3 is 10.6 Å². The van der Waals surface area contributed by atoms with Gasteiger partial charge >= 0.3 is 0 Å². The molecule has 3 rings (SSSR count). The van der Waals surface area contributed by atoms with E-state index in [0.29, 0.717) is 6.04 Å². The van der Waals surface area contributed by atoms with Crippen molar-refractivity contribution in [3.8, 4) is 0 Å². The van der Waals surface area contributed by atoms with Crippen LogP contribution in [-0.2, 0) is 6.42 Å². The molecule has 0 saturated heterocycles. The molecule has 0 aliphatic heterocycles. The Morgan fingerprint density at radius 3 is 2.74 bits per heavy atom. The van der Waals surface area contributed by atoms with Crippen LogP contribution in [0.15, 0.2) is 29.4 Å². The van der Waals surface area contributed by atoms with Crippen LogP contribution >= 0.6 is 24.0 Å². The fourth-order valence-electron chi connectivity index (χ4n) is 3.72. The Hall–Kier alpha value is -1.38. The fraction of sp³-hybridized carbons (Fsp3) is 0.650. The van der Waals surface area contributed by atoms with Crippen molar-refractivity contribution in [1.29, 1.82) is 0 Å². The van der Waals surface area contributed by atoms with Crippen LogP contribution in [0.3, 0.4) is 0 Å². The third kappa shape index (κ3) is 6.33. The molecule has 0 unspecified atom stereocenters. The molecule has 6 nitrogen and oxygen atoms in total. The highest BCUT2D eigenvalue weighted by Gasteiger charge is 2.20. The van der Waals surface area contributed by atoms with Gasteiger partial charge in [0.15, 0.2) is 11.6 Å². The minimum atomic E-state index is 0. The zero-order chi connectivity index (χ0) is 18.2. The standard InChI is InChI=1S/C20H32N6.HI/c1-3-16-10-12-17(13-11-16)23-20(21-4-2)22-14-7-9-19-25-24-18-8-5-6-15-26(18)19;/h5-6,8,15-17H,3-4,7,9-14H2,1-2H3,(H2,21,22,23);1H. The first-order valence-electron chi connectivity index (χ1n) is 10.1. The number of nitrogens with zero attached hydrogens (tertiary/aromatic N) is 4. The molecule has 0 amide bonds. The molecule has 0 atom stereocenters. The van der Waals surface area contributed by atoms with Crippen molar-refractivity contribution in [2.45, 2.75) is 64.8 Å². The molecule has 1 aliphatic carbocycles. The van der Waals surface area contributed by atoms with E-state index in [4.69, 9.17) is 4.99 Å². The van der Waals surface area contributed by atoms with Crippen molar-refractivity contribution >= 4 is 35.6 Å². The predicted octanol–water partition coefficient (Wildman–Crippen LogP) is 3.80. The first-order chi connectivity index (χ1) is 12.8. The lowest BCUT2D eigenvalue weighted by molar-refractivity contribution is 0.304. The molecule has 0 bridgehead atoms. The third-order valence-electron chi connectivity index (χ3n) is 5.32. The minimum Gasteiger partial charge on any atom is -0.357 e. The van der Waals surface area contributed by atoms with Crippen LogP contribution < -0.4 is 10.6 Å². The van der Waals surface area contributed by atoms with Gasteiger partial charge in [0.1, 0.15) is 5.82 Å². The lowest BCUT2D eigenvalue weighted by atomic mass is 9.84. The number of hydrogen-bond donors (Lipinski definition) is 2. The van der Waals surface area contributed by atoms with Crippen molar-refractivity contribution in [3.63, 3.8) is 0 Å². The van der Waals surface area contributed by atoms with Gasteiger partial charge in [-0.15, -0.1) is 34.2 Å². The van der Waals surface area contributed by atoms with Crippen LogP contribution in [-0.4, -0.2) is 39.7 Å². The van der Waals surface area contributed by atoms with Crippen LogP contribution in [0, 0.1) is 5.92 Å². The van der Waals surface area contributed by atoms with E-state index in [2.05, 4.69) is 39.1 Å². The molecule has 2 aromatic rings. The van der Waals surface area contributed by atoms with Gasteiger partial charge in [-0.05, 0) is 57.1 Å². The van der Waals surface area contributed by atoms with E-state index in [1.54, 1.807) is 0 Å². The second-order valence-corrected chi connectivity index (χ2v) is 7.18. The van der Waals surface area contributed by atoms with Gasteiger partial charge in [0.25, 0.3) is 0 Å². The zero-order valence-electron chi connectivity index (χ0n) is 16.5. The quantitative estimate of drug-likeness (QED) is 0.272. The van der Waals surface area contributed by atoms with E-state index in [1.165, 1.54) is 32.1 Å². The van der Waals surface area contributed by atoms with E-state index < -0.39 is 0 Å². The maximum atomic E-state index is 4.76. The van der Waals surface area contributed by atoms with Crippen LogP contribution in [0.25, 0.3) is 5.65 Å². The van der Waals surface area contributed by atoms with Crippen molar-refractivity contribution in [2.75, 3.05) is 13.1 Å². The number of hydrogen-bond acceptors (Lipinski definition) is 3. The highest BCUT2D eigenvalue weighted by Crippen LogP contribution is 2.26. The number of aromatic nitrogens is 3. The van der Waals surface area contributed by atoms with Crippen LogP contribution in [0.4, 0.5) is 0 Å². The monoisotopic (exact) mass is 484 g/mol. The van der Waals surface area contributed by atoms with Crippen molar-refractivity contribution in [3.05, 3.63) is 30.2 Å². The Bertz CT molecular complexity index is 705. The van der Waals surface area contributed by atoms with Gasteiger partial charge in [0.2, 0.25) is 0 Å². The number of fused-ring (bicyclic) bond motifs is 1. The zero-order valence-corrected chi connectivity index (χ0v) is 18.9. The van der Waals surface area contributed by atoms with Gasteiger partial charge in [-0.3, -0.25) is 9.39 Å². The van der Waals surface area contributed by atoms with Crippen LogP contribution in [0.5, 0.6) is 0 Å². The molecular formula is C20H33IN6. The van der Waals surface area contributed by atoms with E-state index in [0.717, 1.165) is 49.3 Å². The molecule has 2 N–H and O–H groups in total. The van der Waals surface area contributed by atoms with Crippen molar-refractivity contribution in [2.24, 2.45) is 10.9 Å². The highest BCUT2D eigenvalue weighted by molar-refractivity contribution is 14.0. The van der Waals surface area contributed by atoms with Crippen LogP contribution in [0.1, 0.15) is 58.2 Å². The molecule has 0 aromatic carbocycles. The minimum absolute atomic E-state index is 0. The summed E-state index contributed by atoms with van der Waals surface area (Å²) in [5.41, 5.74) is 0.906. The molecule has 0 spiro atoms. The molecule has 0 radical (unpaired) electrons. The molecule has 1 fully saturated rings.